The molecule has 0 saturated carbocycles. The number of hydrogen-bond acceptors (Lipinski definition) is 2. The molecule has 0 spiro atoms. The first-order chi connectivity index (χ1) is 10.3. The van der Waals surface area contributed by atoms with E-state index in [9.17, 15) is 57.1 Å². The minimum Gasteiger partial charge on any atom is -0.300 e. The lowest BCUT2D eigenvalue weighted by Gasteiger charge is -2.36. The van der Waals surface area contributed by atoms with Gasteiger partial charge in [-0.1, -0.05) is 6.58 Å². The van der Waals surface area contributed by atoms with Crippen molar-refractivity contribution in [1.82, 2.24) is 0 Å². The van der Waals surface area contributed by atoms with Crippen LogP contribution in [0.1, 0.15) is 0 Å². The van der Waals surface area contributed by atoms with Gasteiger partial charge in [-0.05, 0) is 0 Å². The molecule has 2 nitrogen and oxygen atoms in total. The van der Waals surface area contributed by atoms with E-state index in [1.807, 2.05) is 4.74 Å². The maximum Gasteiger partial charge on any atom is 0.458 e. The summed E-state index contributed by atoms with van der Waals surface area (Å²) in [5.41, 5.74) is 0. The van der Waals surface area contributed by atoms with E-state index in [0.717, 1.165) is 0 Å². The van der Waals surface area contributed by atoms with Gasteiger partial charge >= 0.3 is 30.4 Å². The molecule has 0 N–H and O–H groups in total. The van der Waals surface area contributed by atoms with Crippen LogP contribution in [0.15, 0.2) is 12.4 Å². The van der Waals surface area contributed by atoms with E-state index in [0.29, 0.717) is 0 Å². The fourth-order valence-corrected chi connectivity index (χ4v) is 0.955. The quantitative estimate of drug-likeness (QED) is 0.579. The van der Waals surface area contributed by atoms with Crippen LogP contribution in [0, 0.1) is 0 Å². The van der Waals surface area contributed by atoms with Crippen LogP contribution >= 0.6 is 0 Å². The van der Waals surface area contributed by atoms with Crippen LogP contribution in [0.2, 0.25) is 0 Å². The third-order valence-electron chi connectivity index (χ3n) is 2.12. The van der Waals surface area contributed by atoms with Crippen molar-refractivity contribution in [1.29, 1.82) is 0 Å². The van der Waals surface area contributed by atoms with Crippen molar-refractivity contribution in [2.24, 2.45) is 0 Å². The molecule has 24 heavy (non-hydrogen) atoms. The van der Waals surface area contributed by atoms with Crippen molar-refractivity contribution in [2.75, 3.05) is 6.67 Å². The van der Waals surface area contributed by atoms with Crippen LogP contribution in [0.4, 0.5) is 57.1 Å². The predicted molar refractivity (Wildman–Crippen MR) is 48.0 cm³/mol. The first-order valence-electron chi connectivity index (χ1n) is 5.18. The van der Waals surface area contributed by atoms with E-state index in [2.05, 4.69) is 4.74 Å². The Hall–Kier alpha value is -1.25. The Morgan fingerprint density at radius 2 is 1.29 bits per heavy atom. The van der Waals surface area contributed by atoms with Crippen molar-refractivity contribution in [2.45, 2.75) is 36.5 Å². The molecule has 0 radical (unpaired) electrons. The zero-order valence-electron chi connectivity index (χ0n) is 10.7. The minimum absolute atomic E-state index is 1.69. The molecule has 2 unspecified atom stereocenters. The van der Waals surface area contributed by atoms with E-state index in [1.54, 1.807) is 6.58 Å². The molecule has 0 aromatic heterocycles. The van der Waals surface area contributed by atoms with Crippen LogP contribution in [0.25, 0.3) is 0 Å². The molecule has 2 atom stereocenters. The lowest BCUT2D eigenvalue weighted by atomic mass is 10.2. The highest BCUT2D eigenvalue weighted by atomic mass is 19.4. The summed E-state index contributed by atoms with van der Waals surface area (Å²) in [7, 11) is 0. The number of hydrogen-bond donors (Lipinski definition) is 0. The molecule has 0 saturated heterocycles. The Balaban J connectivity index is 5.94. The van der Waals surface area contributed by atoms with Gasteiger partial charge in [0, 0.05) is 0 Å². The van der Waals surface area contributed by atoms with Crippen LogP contribution in [0.5, 0.6) is 0 Å². The van der Waals surface area contributed by atoms with Crippen molar-refractivity contribution in [3.8, 4) is 0 Å². The van der Waals surface area contributed by atoms with Crippen LogP contribution in [0.3, 0.4) is 0 Å². The molecule has 0 aliphatic rings. The lowest BCUT2D eigenvalue weighted by molar-refractivity contribution is -0.506. The fourth-order valence-electron chi connectivity index (χ4n) is 0.955. The molecule has 0 amide bonds. The van der Waals surface area contributed by atoms with E-state index >= 15 is 0 Å². The Labute approximate surface area is 123 Å². The molecule has 0 aliphatic carbocycles. The minimum atomic E-state index is -7.15. The predicted octanol–water partition coefficient (Wildman–Crippen LogP) is 4.82. The summed E-state index contributed by atoms with van der Waals surface area (Å²) < 4.78 is 167. The largest absolute Gasteiger partial charge is 0.458 e. The summed E-state index contributed by atoms with van der Waals surface area (Å²) in [6.07, 6.45) is -30.4. The summed E-state index contributed by atoms with van der Waals surface area (Å²) >= 11 is 0. The molecular weight excluding hydrogens is 387 g/mol. The van der Waals surface area contributed by atoms with Crippen LogP contribution in [-0.4, -0.2) is 43.2 Å². The van der Waals surface area contributed by atoms with E-state index in [4.69, 9.17) is 0 Å². The second kappa shape index (κ2) is 6.57. The fraction of sp³-hybridized carbons (Fsp3) is 0.778. The molecule has 0 rings (SSSR count). The third-order valence-corrected chi connectivity index (χ3v) is 2.12. The molecular formula is C9H5F13O2. The zero-order chi connectivity index (χ0) is 19.8. The van der Waals surface area contributed by atoms with E-state index in [1.165, 1.54) is 0 Å². The third kappa shape index (κ3) is 4.64. The Morgan fingerprint density at radius 3 is 1.54 bits per heavy atom. The van der Waals surface area contributed by atoms with Crippen molar-refractivity contribution in [3.63, 3.8) is 0 Å². The standard InChI is InChI=1S/C9H5F13O2/c1-3(11)6(15,16)24-7(17,8(18,19)20)9(21,22)23-4(2-10)5(12,13)14/h4H,1-2H2. The van der Waals surface area contributed by atoms with Gasteiger partial charge in [-0.25, -0.2) is 8.78 Å². The van der Waals surface area contributed by atoms with Gasteiger partial charge in [-0.2, -0.15) is 48.3 Å². The molecule has 15 heteroatoms. The highest BCUT2D eigenvalue weighted by Crippen LogP contribution is 2.51. The van der Waals surface area contributed by atoms with Crippen molar-refractivity contribution in [3.05, 3.63) is 12.4 Å². The van der Waals surface area contributed by atoms with Crippen LogP contribution in [-0.2, 0) is 9.47 Å². The smallest absolute Gasteiger partial charge is 0.300 e. The monoisotopic (exact) mass is 392 g/mol. The maximum atomic E-state index is 13.4. The van der Waals surface area contributed by atoms with Gasteiger partial charge in [0.15, 0.2) is 11.9 Å². The van der Waals surface area contributed by atoms with Gasteiger partial charge in [-0.15, -0.1) is 0 Å². The molecule has 0 heterocycles. The topological polar surface area (TPSA) is 18.5 Å². The average Bonchev–Trinajstić information content (AvgIpc) is 2.32. The van der Waals surface area contributed by atoms with Crippen molar-refractivity contribution >= 4 is 0 Å². The maximum absolute atomic E-state index is 13.4. The average molecular weight is 392 g/mol. The Bertz CT molecular complexity index is 453. The second-order valence-corrected chi connectivity index (χ2v) is 3.94. The number of ether oxygens (including phenoxy) is 2. The molecule has 0 aromatic rings. The van der Waals surface area contributed by atoms with Gasteiger partial charge in [0.05, 0.1) is 0 Å². The molecule has 0 aliphatic heterocycles. The number of rotatable bonds is 7. The zero-order valence-corrected chi connectivity index (χ0v) is 10.7. The van der Waals surface area contributed by atoms with Gasteiger partial charge in [0.25, 0.3) is 0 Å². The van der Waals surface area contributed by atoms with Crippen LogP contribution < -0.4 is 0 Å². The molecule has 144 valence electrons. The first kappa shape index (κ1) is 22.8. The summed E-state index contributed by atoms with van der Waals surface area (Å²) in [6, 6.07) is 0. The van der Waals surface area contributed by atoms with E-state index < -0.39 is 49.0 Å². The summed E-state index contributed by atoms with van der Waals surface area (Å²) in [4.78, 5) is 0. The highest BCUT2D eigenvalue weighted by molar-refractivity contribution is 4.96. The Morgan fingerprint density at radius 1 is 0.875 bits per heavy atom. The molecule has 0 bridgehead atoms. The van der Waals surface area contributed by atoms with E-state index in [-0.39, 0.29) is 0 Å². The van der Waals surface area contributed by atoms with Gasteiger partial charge in [0.2, 0.25) is 0 Å². The summed E-state index contributed by atoms with van der Waals surface area (Å²) in [5.74, 6) is -10.2. The summed E-state index contributed by atoms with van der Waals surface area (Å²) in [5, 5.41) is 0. The Kier molecular flexibility index (Phi) is 6.23. The van der Waals surface area contributed by atoms with Gasteiger partial charge in [0.1, 0.15) is 6.67 Å². The SMILES string of the molecule is C=C(F)C(F)(F)OC(F)(C(F)(F)F)C(F)(F)OC(CF)C(F)(F)F. The number of halogens is 13. The van der Waals surface area contributed by atoms with Crippen molar-refractivity contribution < 1.29 is 66.5 Å². The highest BCUT2D eigenvalue weighted by Gasteiger charge is 2.78. The molecule has 0 aromatic carbocycles. The number of alkyl halides is 12. The van der Waals surface area contributed by atoms with Gasteiger partial charge in [-0.3, -0.25) is 9.47 Å². The van der Waals surface area contributed by atoms with Gasteiger partial charge < -0.3 is 0 Å². The lowest BCUT2D eigenvalue weighted by Crippen LogP contribution is -2.62. The first-order valence-corrected chi connectivity index (χ1v) is 5.18. The normalized spacial score (nSPS) is 18.2. The second-order valence-electron chi connectivity index (χ2n) is 3.94. The molecule has 0 fully saturated rings. The summed E-state index contributed by atoms with van der Waals surface area (Å²) in [6.45, 7) is -1.23.